The lowest BCUT2D eigenvalue weighted by molar-refractivity contribution is -0.137. The molecule has 1 atom stereocenters. The van der Waals surface area contributed by atoms with Gasteiger partial charge in [0.2, 0.25) is 0 Å². The summed E-state index contributed by atoms with van der Waals surface area (Å²) in [6, 6.07) is 14.8. The summed E-state index contributed by atoms with van der Waals surface area (Å²) in [4.78, 5) is 13.6. The van der Waals surface area contributed by atoms with Gasteiger partial charge >= 0.3 is 12.1 Å². The quantitative estimate of drug-likeness (QED) is 0.284. The van der Waals surface area contributed by atoms with Crippen molar-refractivity contribution in [3.05, 3.63) is 82.9 Å². The molecule has 0 fully saturated rings. The van der Waals surface area contributed by atoms with Crippen LogP contribution in [-0.2, 0) is 17.3 Å². The first-order valence-electron chi connectivity index (χ1n) is 12.0. The largest absolute Gasteiger partial charge is 0.493 e. The Labute approximate surface area is 229 Å². The summed E-state index contributed by atoms with van der Waals surface area (Å²) >= 11 is 5.67. The third kappa shape index (κ3) is 6.36. The molecule has 39 heavy (non-hydrogen) atoms. The van der Waals surface area contributed by atoms with E-state index < -0.39 is 23.8 Å². The number of esters is 1. The number of thiocarbonyl (C=S) groups is 1. The molecule has 0 radical (unpaired) electrons. The van der Waals surface area contributed by atoms with Crippen LogP contribution < -0.4 is 19.5 Å². The number of fused-ring (bicyclic) bond motifs is 1. The van der Waals surface area contributed by atoms with Gasteiger partial charge in [-0.2, -0.15) is 13.2 Å². The van der Waals surface area contributed by atoms with Crippen LogP contribution in [0.1, 0.15) is 33.1 Å². The minimum atomic E-state index is -4.47. The predicted molar refractivity (Wildman–Crippen MR) is 144 cm³/mol. The number of alkyl halides is 3. The van der Waals surface area contributed by atoms with Crippen LogP contribution in [0.3, 0.4) is 0 Å². The monoisotopic (exact) mass is 560 g/mol. The maximum absolute atomic E-state index is 13.2. The van der Waals surface area contributed by atoms with Gasteiger partial charge in [0.25, 0.3) is 0 Å². The van der Waals surface area contributed by atoms with E-state index in [1.165, 1.54) is 19.2 Å². The van der Waals surface area contributed by atoms with Gasteiger partial charge in [-0.15, -0.1) is 0 Å². The Kier molecular flexibility index (Phi) is 8.49. The standard InChI is InChI=1S/C28H27F3N2O5S/c1-35-24-13-18-11-12-33(27(39)32-20-6-4-5-19(14-20)28(29,30)31)23(22(18)15-25(24)36-2)16-38-21-9-7-17(8-10-21)26(34)37-3/h4-10,13-15,23H,11-12,16H2,1-3H3,(H,32,39)/t23-/m1/s1. The zero-order valence-corrected chi connectivity index (χ0v) is 22.3. The average molecular weight is 561 g/mol. The number of rotatable bonds is 7. The molecule has 0 unspecified atom stereocenters. The van der Waals surface area contributed by atoms with Crippen molar-refractivity contribution >= 4 is 29.0 Å². The van der Waals surface area contributed by atoms with Gasteiger partial charge < -0.3 is 29.2 Å². The molecule has 206 valence electrons. The molecule has 0 spiro atoms. The van der Waals surface area contributed by atoms with E-state index in [1.807, 2.05) is 17.0 Å². The Morgan fingerprint density at radius 2 is 1.72 bits per heavy atom. The molecule has 0 saturated carbocycles. The van der Waals surface area contributed by atoms with E-state index in [0.29, 0.717) is 35.8 Å². The highest BCUT2D eigenvalue weighted by Gasteiger charge is 2.33. The second kappa shape index (κ2) is 11.8. The smallest absolute Gasteiger partial charge is 0.416 e. The fraction of sp³-hybridized carbons (Fsp3) is 0.286. The summed E-state index contributed by atoms with van der Waals surface area (Å²) in [5, 5.41) is 3.21. The number of ether oxygens (including phenoxy) is 4. The topological polar surface area (TPSA) is 69.3 Å². The van der Waals surface area contributed by atoms with Gasteiger partial charge in [-0.1, -0.05) is 6.07 Å². The lowest BCUT2D eigenvalue weighted by atomic mass is 9.92. The number of anilines is 1. The molecule has 0 bridgehead atoms. The minimum absolute atomic E-state index is 0.157. The molecule has 1 aliphatic rings. The normalized spacial score (nSPS) is 14.7. The Bertz CT molecular complexity index is 1350. The van der Waals surface area contributed by atoms with Crippen molar-refractivity contribution in [1.29, 1.82) is 0 Å². The van der Waals surface area contributed by atoms with Crippen LogP contribution in [0.25, 0.3) is 0 Å². The third-order valence-electron chi connectivity index (χ3n) is 6.39. The van der Waals surface area contributed by atoms with Crippen molar-refractivity contribution in [3.8, 4) is 17.2 Å². The first-order chi connectivity index (χ1) is 18.6. The number of hydrogen-bond donors (Lipinski definition) is 1. The molecule has 0 saturated heterocycles. The fourth-order valence-electron chi connectivity index (χ4n) is 4.40. The number of carbonyl (C=O) groups excluding carboxylic acids is 1. The van der Waals surface area contributed by atoms with E-state index in [-0.39, 0.29) is 17.4 Å². The van der Waals surface area contributed by atoms with Crippen LogP contribution in [0.5, 0.6) is 17.2 Å². The molecule has 11 heteroatoms. The molecule has 3 aromatic carbocycles. The number of carbonyl (C=O) groups is 1. The molecule has 4 rings (SSSR count). The van der Waals surface area contributed by atoms with Crippen molar-refractivity contribution in [2.45, 2.75) is 18.6 Å². The van der Waals surface area contributed by atoms with Crippen LogP contribution in [0.4, 0.5) is 18.9 Å². The molecule has 0 amide bonds. The van der Waals surface area contributed by atoms with E-state index in [0.717, 1.165) is 23.3 Å². The SMILES string of the molecule is COC(=O)c1ccc(OC[C@@H]2c3cc(OC)c(OC)cc3CCN2C(=S)Nc2cccc(C(F)(F)F)c2)cc1. The Morgan fingerprint density at radius 3 is 2.36 bits per heavy atom. The number of nitrogens with zero attached hydrogens (tertiary/aromatic N) is 1. The van der Waals surface area contributed by atoms with Gasteiger partial charge in [0.1, 0.15) is 12.4 Å². The van der Waals surface area contributed by atoms with E-state index in [4.69, 9.17) is 31.2 Å². The van der Waals surface area contributed by atoms with Crippen molar-refractivity contribution in [2.75, 3.05) is 39.8 Å². The summed E-state index contributed by atoms with van der Waals surface area (Å²) in [6.07, 6.45) is -3.86. The van der Waals surface area contributed by atoms with Crippen molar-refractivity contribution in [1.82, 2.24) is 4.90 Å². The molecular weight excluding hydrogens is 533 g/mol. The van der Waals surface area contributed by atoms with Gasteiger partial charge in [-0.25, -0.2) is 4.79 Å². The molecular formula is C28H27F3N2O5S. The van der Waals surface area contributed by atoms with Gasteiger partial charge in [0.05, 0.1) is 38.5 Å². The zero-order chi connectivity index (χ0) is 28.2. The summed E-state index contributed by atoms with van der Waals surface area (Å²) < 4.78 is 61.5. The number of nitrogens with one attached hydrogen (secondary N) is 1. The number of benzene rings is 3. The second-order valence-corrected chi connectivity index (χ2v) is 9.09. The summed E-state index contributed by atoms with van der Waals surface area (Å²) in [5.74, 6) is 1.18. The van der Waals surface area contributed by atoms with E-state index >= 15 is 0 Å². The highest BCUT2D eigenvalue weighted by Crippen LogP contribution is 2.39. The zero-order valence-electron chi connectivity index (χ0n) is 21.5. The van der Waals surface area contributed by atoms with Gasteiger partial charge in [-0.05, 0) is 84.4 Å². The predicted octanol–water partition coefficient (Wildman–Crippen LogP) is 5.88. The summed E-state index contributed by atoms with van der Waals surface area (Å²) in [7, 11) is 4.41. The van der Waals surface area contributed by atoms with Gasteiger partial charge in [0.15, 0.2) is 16.6 Å². The number of halogens is 3. The summed E-state index contributed by atoms with van der Waals surface area (Å²) in [5.41, 5.74) is 1.74. The minimum Gasteiger partial charge on any atom is -0.493 e. The maximum atomic E-state index is 13.2. The molecule has 7 nitrogen and oxygen atoms in total. The molecule has 1 heterocycles. The van der Waals surface area contributed by atoms with Gasteiger partial charge in [0, 0.05) is 12.2 Å². The van der Waals surface area contributed by atoms with Crippen molar-refractivity contribution in [2.24, 2.45) is 0 Å². The molecule has 1 N–H and O–H groups in total. The molecule has 3 aromatic rings. The van der Waals surface area contributed by atoms with Crippen LogP contribution in [0.2, 0.25) is 0 Å². The number of methoxy groups -OCH3 is 3. The third-order valence-corrected chi connectivity index (χ3v) is 6.72. The molecule has 0 aromatic heterocycles. The van der Waals surface area contributed by atoms with Crippen molar-refractivity contribution < 1.29 is 36.9 Å². The van der Waals surface area contributed by atoms with Crippen LogP contribution in [0, 0.1) is 0 Å². The first-order valence-corrected chi connectivity index (χ1v) is 12.4. The van der Waals surface area contributed by atoms with E-state index in [2.05, 4.69) is 5.32 Å². The average Bonchev–Trinajstić information content (AvgIpc) is 2.94. The Hall–Kier alpha value is -3.99. The van der Waals surface area contributed by atoms with Crippen LogP contribution >= 0.6 is 12.2 Å². The second-order valence-electron chi connectivity index (χ2n) is 8.70. The van der Waals surface area contributed by atoms with Crippen LogP contribution in [-0.4, -0.2) is 50.5 Å². The van der Waals surface area contributed by atoms with E-state index in [1.54, 1.807) is 38.5 Å². The Morgan fingerprint density at radius 1 is 1.03 bits per heavy atom. The fourth-order valence-corrected chi connectivity index (χ4v) is 4.74. The van der Waals surface area contributed by atoms with Crippen molar-refractivity contribution in [3.63, 3.8) is 0 Å². The lowest BCUT2D eigenvalue weighted by Gasteiger charge is -2.39. The van der Waals surface area contributed by atoms with Crippen LogP contribution in [0.15, 0.2) is 60.7 Å². The number of hydrogen-bond acceptors (Lipinski definition) is 6. The molecule has 1 aliphatic heterocycles. The highest BCUT2D eigenvalue weighted by molar-refractivity contribution is 7.80. The highest BCUT2D eigenvalue weighted by atomic mass is 32.1. The molecule has 0 aliphatic carbocycles. The van der Waals surface area contributed by atoms with E-state index in [9.17, 15) is 18.0 Å². The van der Waals surface area contributed by atoms with Gasteiger partial charge in [-0.3, -0.25) is 0 Å². The summed E-state index contributed by atoms with van der Waals surface area (Å²) in [6.45, 7) is 0.646. The first kappa shape index (κ1) is 28.0. The lowest BCUT2D eigenvalue weighted by Crippen LogP contribution is -2.44. The Balaban J connectivity index is 1.62. The maximum Gasteiger partial charge on any atom is 0.416 e.